The van der Waals surface area contributed by atoms with Crippen LogP contribution in [0, 0.1) is 5.92 Å². The second kappa shape index (κ2) is 14.8. The van der Waals surface area contributed by atoms with Gasteiger partial charge in [-0.1, -0.05) is 33.1 Å². The number of piperazine rings is 1. The fourth-order valence-corrected chi connectivity index (χ4v) is 6.28. The minimum Gasteiger partial charge on any atom is -0.497 e. The molecule has 3 atom stereocenters. The molecule has 1 aliphatic carbocycles. The van der Waals surface area contributed by atoms with E-state index in [4.69, 9.17) is 14.2 Å². The summed E-state index contributed by atoms with van der Waals surface area (Å²) >= 11 is 0. The van der Waals surface area contributed by atoms with Gasteiger partial charge in [-0.15, -0.1) is 0 Å². The van der Waals surface area contributed by atoms with Crippen LogP contribution in [0.5, 0.6) is 11.5 Å². The Hall–Kier alpha value is -3.01. The van der Waals surface area contributed by atoms with Crippen molar-refractivity contribution < 1.29 is 28.6 Å². The van der Waals surface area contributed by atoms with E-state index in [0.717, 1.165) is 50.7 Å². The average Bonchev–Trinajstić information content (AvgIpc) is 3.48. The molecule has 0 spiro atoms. The molecule has 10 heteroatoms. The van der Waals surface area contributed by atoms with Crippen molar-refractivity contribution in [2.45, 2.75) is 102 Å². The third kappa shape index (κ3) is 8.50. The summed E-state index contributed by atoms with van der Waals surface area (Å²) in [5.41, 5.74) is 0.861. The van der Waals surface area contributed by atoms with Crippen molar-refractivity contribution in [3.8, 4) is 11.5 Å². The summed E-state index contributed by atoms with van der Waals surface area (Å²) in [6, 6.07) is 4.31. The van der Waals surface area contributed by atoms with Crippen molar-refractivity contribution in [2.75, 3.05) is 33.9 Å². The van der Waals surface area contributed by atoms with Crippen molar-refractivity contribution in [3.05, 3.63) is 23.8 Å². The molecule has 4 amide bonds. The van der Waals surface area contributed by atoms with E-state index in [1.165, 1.54) is 6.42 Å². The predicted octanol–water partition coefficient (Wildman–Crippen LogP) is 3.86. The summed E-state index contributed by atoms with van der Waals surface area (Å²) in [4.78, 5) is 44.6. The minimum absolute atomic E-state index is 0.0332. The summed E-state index contributed by atoms with van der Waals surface area (Å²) in [5, 5.41) is 6.23. The number of methoxy groups -OCH3 is 2. The van der Waals surface area contributed by atoms with Crippen molar-refractivity contribution in [1.82, 2.24) is 20.4 Å². The highest BCUT2D eigenvalue weighted by molar-refractivity contribution is 5.89. The second-order valence-electron chi connectivity index (χ2n) is 12.1. The zero-order valence-electron chi connectivity index (χ0n) is 25.2. The number of urea groups is 1. The molecule has 3 aliphatic rings. The first kappa shape index (κ1) is 30.9. The Morgan fingerprint density at radius 2 is 1.73 bits per heavy atom. The van der Waals surface area contributed by atoms with Crippen LogP contribution in [0.15, 0.2) is 18.2 Å². The van der Waals surface area contributed by atoms with Gasteiger partial charge in [-0.05, 0) is 55.7 Å². The van der Waals surface area contributed by atoms with E-state index < -0.39 is 12.1 Å². The third-order valence-corrected chi connectivity index (χ3v) is 8.38. The predicted molar refractivity (Wildman–Crippen MR) is 156 cm³/mol. The summed E-state index contributed by atoms with van der Waals surface area (Å²) in [6.45, 7) is 5.88. The van der Waals surface area contributed by atoms with E-state index in [-0.39, 0.29) is 48.9 Å². The maximum Gasteiger partial charge on any atom is 0.318 e. The molecule has 1 aromatic carbocycles. The minimum atomic E-state index is -0.657. The van der Waals surface area contributed by atoms with Crippen LogP contribution in [0.1, 0.15) is 77.2 Å². The van der Waals surface area contributed by atoms with Crippen molar-refractivity contribution in [2.24, 2.45) is 5.92 Å². The van der Waals surface area contributed by atoms with Gasteiger partial charge in [0.1, 0.15) is 17.5 Å². The molecule has 228 valence electrons. The molecule has 2 N–H and O–H groups in total. The Morgan fingerprint density at radius 3 is 2.34 bits per heavy atom. The summed E-state index contributed by atoms with van der Waals surface area (Å²) in [5.74, 6) is 1.22. The van der Waals surface area contributed by atoms with Gasteiger partial charge < -0.3 is 34.6 Å². The zero-order chi connectivity index (χ0) is 29.4. The normalized spacial score (nSPS) is 23.5. The van der Waals surface area contributed by atoms with E-state index >= 15 is 0 Å². The van der Waals surface area contributed by atoms with Crippen LogP contribution in [0.2, 0.25) is 0 Å². The summed E-state index contributed by atoms with van der Waals surface area (Å²) in [6.07, 6.45) is 7.85. The maximum atomic E-state index is 14.0. The lowest BCUT2D eigenvalue weighted by Gasteiger charge is -2.47. The van der Waals surface area contributed by atoms with Crippen LogP contribution in [-0.2, 0) is 20.9 Å². The SMILES string of the molecule is COc1cc(CN2C[C@@H](CC(=O)NCC3CCCO3)N(C(=O)NC3CCCCC3)[C@@H](CC(C)C)C2=O)cc(OC)c1. The Labute approximate surface area is 244 Å². The molecule has 2 heterocycles. The van der Waals surface area contributed by atoms with E-state index in [0.29, 0.717) is 31.0 Å². The summed E-state index contributed by atoms with van der Waals surface area (Å²) in [7, 11) is 3.19. The Balaban J connectivity index is 1.58. The molecular formula is C31H48N4O6. The van der Waals surface area contributed by atoms with Crippen molar-refractivity contribution in [1.29, 1.82) is 0 Å². The molecule has 2 aliphatic heterocycles. The number of carbonyl (C=O) groups excluding carboxylic acids is 3. The van der Waals surface area contributed by atoms with Gasteiger partial charge in [0.2, 0.25) is 11.8 Å². The molecule has 0 bridgehead atoms. The van der Waals surface area contributed by atoms with Gasteiger partial charge in [-0.3, -0.25) is 9.59 Å². The number of nitrogens with one attached hydrogen (secondary N) is 2. The highest BCUT2D eigenvalue weighted by Crippen LogP contribution is 2.29. The molecule has 0 radical (unpaired) electrons. The van der Waals surface area contributed by atoms with E-state index in [9.17, 15) is 14.4 Å². The van der Waals surface area contributed by atoms with Crippen molar-refractivity contribution in [3.63, 3.8) is 0 Å². The fraction of sp³-hybridized carbons (Fsp3) is 0.710. The van der Waals surface area contributed by atoms with Gasteiger partial charge in [0.15, 0.2) is 0 Å². The number of hydrogen-bond acceptors (Lipinski definition) is 6. The molecule has 2 saturated heterocycles. The number of ether oxygens (including phenoxy) is 3. The van der Waals surface area contributed by atoms with Crippen molar-refractivity contribution >= 4 is 17.8 Å². The average molecular weight is 573 g/mol. The first-order valence-corrected chi connectivity index (χ1v) is 15.2. The monoisotopic (exact) mass is 572 g/mol. The van der Waals surface area contributed by atoms with Gasteiger partial charge in [-0.2, -0.15) is 0 Å². The van der Waals surface area contributed by atoms with E-state index in [1.807, 2.05) is 12.1 Å². The standard InChI is InChI=1S/C31H48N4O6/c1-21(2)13-28-30(37)34(19-22-14-26(39-3)17-27(15-22)40-4)20-24(16-29(36)32-18-25-11-8-12-41-25)35(28)31(38)33-23-9-6-5-7-10-23/h14-15,17,21,23-25,28H,5-13,16,18-20H2,1-4H3,(H,32,36)(H,33,38)/t24-,25?,28+/m1/s1. The van der Waals surface area contributed by atoms with Gasteiger partial charge in [-0.25, -0.2) is 4.79 Å². The van der Waals surface area contributed by atoms with E-state index in [2.05, 4.69) is 24.5 Å². The van der Waals surface area contributed by atoms with Crippen LogP contribution in [0.4, 0.5) is 4.79 Å². The Kier molecular flexibility index (Phi) is 11.1. The lowest BCUT2D eigenvalue weighted by molar-refractivity contribution is -0.145. The lowest BCUT2D eigenvalue weighted by atomic mass is 9.93. The van der Waals surface area contributed by atoms with Gasteiger partial charge in [0, 0.05) is 44.8 Å². The first-order chi connectivity index (χ1) is 19.8. The molecule has 1 unspecified atom stereocenters. The number of nitrogens with zero attached hydrogens (tertiary/aromatic N) is 2. The molecule has 0 aromatic heterocycles. The highest BCUT2D eigenvalue weighted by atomic mass is 16.5. The van der Waals surface area contributed by atoms with Gasteiger partial charge in [0.05, 0.1) is 26.4 Å². The molecule has 4 rings (SSSR count). The zero-order valence-corrected chi connectivity index (χ0v) is 25.2. The molecular weight excluding hydrogens is 524 g/mol. The molecule has 1 saturated carbocycles. The number of benzene rings is 1. The van der Waals surface area contributed by atoms with Crippen LogP contribution in [0.3, 0.4) is 0 Å². The molecule has 3 fully saturated rings. The Morgan fingerprint density at radius 1 is 1.02 bits per heavy atom. The number of amides is 4. The number of hydrogen-bond donors (Lipinski definition) is 2. The van der Waals surface area contributed by atoms with Gasteiger partial charge in [0.25, 0.3) is 0 Å². The quantitative estimate of drug-likeness (QED) is 0.417. The Bertz CT molecular complexity index is 1020. The topological polar surface area (TPSA) is 109 Å². The number of carbonyl (C=O) groups is 3. The lowest BCUT2D eigenvalue weighted by Crippen LogP contribution is -2.66. The smallest absolute Gasteiger partial charge is 0.318 e. The van der Waals surface area contributed by atoms with E-state index in [1.54, 1.807) is 30.1 Å². The molecule has 1 aromatic rings. The van der Waals surface area contributed by atoms with Crippen LogP contribution < -0.4 is 20.1 Å². The van der Waals surface area contributed by atoms with Crippen LogP contribution >= 0.6 is 0 Å². The maximum absolute atomic E-state index is 14.0. The third-order valence-electron chi connectivity index (χ3n) is 8.38. The molecule has 41 heavy (non-hydrogen) atoms. The van der Waals surface area contributed by atoms with Gasteiger partial charge >= 0.3 is 6.03 Å². The van der Waals surface area contributed by atoms with Crippen LogP contribution in [0.25, 0.3) is 0 Å². The fourth-order valence-electron chi connectivity index (χ4n) is 6.28. The first-order valence-electron chi connectivity index (χ1n) is 15.2. The second-order valence-corrected chi connectivity index (χ2v) is 12.1. The number of rotatable bonds is 11. The summed E-state index contributed by atoms with van der Waals surface area (Å²) < 4.78 is 16.6. The highest BCUT2D eigenvalue weighted by Gasteiger charge is 2.44. The molecule has 10 nitrogen and oxygen atoms in total. The largest absolute Gasteiger partial charge is 0.497 e. The van der Waals surface area contributed by atoms with Crippen LogP contribution in [-0.4, -0.2) is 85.8 Å².